The fraction of sp³-hybridized carbons (Fsp3) is 0.545. The fourth-order valence-electron chi connectivity index (χ4n) is 2.00. The molecule has 1 atom stereocenters. The van der Waals surface area contributed by atoms with Crippen LogP contribution in [0.25, 0.3) is 0 Å². The molecule has 0 spiro atoms. The van der Waals surface area contributed by atoms with E-state index in [4.69, 9.17) is 15.7 Å². The molecule has 0 aliphatic carbocycles. The lowest BCUT2D eigenvalue weighted by Gasteiger charge is -2.31. The Morgan fingerprint density at radius 3 is 3.28 bits per heavy atom. The van der Waals surface area contributed by atoms with Gasteiger partial charge in [-0.25, -0.2) is 5.84 Å². The molecular formula is C11H17N3O3S. The number of nitrogens with zero attached hydrogens (tertiary/aromatic N) is 1. The van der Waals surface area contributed by atoms with Crippen LogP contribution in [0.3, 0.4) is 0 Å². The molecule has 1 aliphatic rings. The van der Waals surface area contributed by atoms with Gasteiger partial charge in [0.1, 0.15) is 0 Å². The van der Waals surface area contributed by atoms with Crippen LogP contribution in [0.4, 0.5) is 0 Å². The Hall–Kier alpha value is -0.990. The molecule has 4 N–H and O–H groups in total. The first-order valence-corrected chi connectivity index (χ1v) is 6.64. The molecule has 0 bridgehead atoms. The number of hydrazine groups is 1. The standard InChI is InChI=1S/C11H17N3O3S/c12-13-11(16)10-8(1-4-18-10)5-14-2-3-17-9(6-14)7-15/h1,4,9,15H,2-3,5-7,12H2,(H,13,16). The van der Waals surface area contributed by atoms with Crippen molar-refractivity contribution >= 4 is 17.2 Å². The Morgan fingerprint density at radius 1 is 1.72 bits per heavy atom. The van der Waals surface area contributed by atoms with Gasteiger partial charge in [0.2, 0.25) is 0 Å². The lowest BCUT2D eigenvalue weighted by Crippen LogP contribution is -2.43. The lowest BCUT2D eigenvalue weighted by atomic mass is 10.2. The molecule has 1 saturated heterocycles. The van der Waals surface area contributed by atoms with E-state index in [1.807, 2.05) is 11.4 Å². The smallest absolute Gasteiger partial charge is 0.275 e. The number of nitrogen functional groups attached to an aromatic ring is 1. The zero-order valence-electron chi connectivity index (χ0n) is 9.96. The number of hydrogen-bond acceptors (Lipinski definition) is 6. The van der Waals surface area contributed by atoms with Crippen LogP contribution in [-0.2, 0) is 11.3 Å². The van der Waals surface area contributed by atoms with Crippen molar-refractivity contribution in [1.29, 1.82) is 0 Å². The number of ether oxygens (including phenoxy) is 1. The van der Waals surface area contributed by atoms with E-state index in [0.717, 1.165) is 12.1 Å². The minimum Gasteiger partial charge on any atom is -0.394 e. The molecule has 1 aromatic rings. The summed E-state index contributed by atoms with van der Waals surface area (Å²) >= 11 is 1.38. The Balaban J connectivity index is 2.00. The van der Waals surface area contributed by atoms with Gasteiger partial charge in [-0.1, -0.05) is 0 Å². The van der Waals surface area contributed by atoms with E-state index in [9.17, 15) is 4.79 Å². The third-order valence-corrected chi connectivity index (χ3v) is 3.86. The van der Waals surface area contributed by atoms with Crippen molar-refractivity contribution in [2.75, 3.05) is 26.3 Å². The van der Waals surface area contributed by atoms with E-state index in [2.05, 4.69) is 10.3 Å². The highest BCUT2D eigenvalue weighted by Gasteiger charge is 2.21. The van der Waals surface area contributed by atoms with Crippen LogP contribution in [-0.4, -0.2) is 48.3 Å². The van der Waals surface area contributed by atoms with Gasteiger partial charge in [-0.3, -0.25) is 15.1 Å². The predicted octanol–water partition coefficient (Wildman–Crippen LogP) is -0.455. The third kappa shape index (κ3) is 3.06. The maximum absolute atomic E-state index is 11.5. The quantitative estimate of drug-likeness (QED) is 0.392. The molecule has 6 nitrogen and oxygen atoms in total. The summed E-state index contributed by atoms with van der Waals surface area (Å²) in [6.45, 7) is 2.78. The number of rotatable bonds is 4. The molecular weight excluding hydrogens is 254 g/mol. The topological polar surface area (TPSA) is 87.8 Å². The first kappa shape index (κ1) is 13.4. The maximum Gasteiger partial charge on any atom is 0.275 e. The number of nitrogens with one attached hydrogen (secondary N) is 1. The molecule has 1 unspecified atom stereocenters. The summed E-state index contributed by atoms with van der Waals surface area (Å²) in [7, 11) is 0. The summed E-state index contributed by atoms with van der Waals surface area (Å²) in [5.74, 6) is 4.89. The van der Waals surface area contributed by atoms with Crippen LogP contribution in [0.15, 0.2) is 11.4 Å². The van der Waals surface area contributed by atoms with Crippen LogP contribution < -0.4 is 11.3 Å². The summed E-state index contributed by atoms with van der Waals surface area (Å²) in [5, 5.41) is 11.0. The van der Waals surface area contributed by atoms with Gasteiger partial charge in [-0.2, -0.15) is 0 Å². The first-order chi connectivity index (χ1) is 8.74. The van der Waals surface area contributed by atoms with E-state index in [0.29, 0.717) is 24.6 Å². The SMILES string of the molecule is NNC(=O)c1sccc1CN1CCOC(CO)C1. The number of amides is 1. The van der Waals surface area contributed by atoms with Gasteiger partial charge in [-0.05, 0) is 17.0 Å². The Bertz CT molecular complexity index is 410. The fourth-order valence-corrected chi connectivity index (χ4v) is 2.82. The van der Waals surface area contributed by atoms with Crippen molar-refractivity contribution in [1.82, 2.24) is 10.3 Å². The van der Waals surface area contributed by atoms with Gasteiger partial charge in [0, 0.05) is 19.6 Å². The van der Waals surface area contributed by atoms with Crippen LogP contribution in [0.2, 0.25) is 0 Å². The molecule has 0 aromatic carbocycles. The highest BCUT2D eigenvalue weighted by Crippen LogP contribution is 2.19. The molecule has 0 radical (unpaired) electrons. The molecule has 1 aliphatic heterocycles. The monoisotopic (exact) mass is 271 g/mol. The minimum atomic E-state index is -0.257. The van der Waals surface area contributed by atoms with Crippen molar-refractivity contribution in [3.63, 3.8) is 0 Å². The van der Waals surface area contributed by atoms with Crippen molar-refractivity contribution in [2.24, 2.45) is 5.84 Å². The zero-order valence-corrected chi connectivity index (χ0v) is 10.8. The molecule has 1 aromatic heterocycles. The van der Waals surface area contributed by atoms with Crippen LogP contribution >= 0.6 is 11.3 Å². The largest absolute Gasteiger partial charge is 0.394 e. The average Bonchev–Trinajstić information content (AvgIpc) is 2.86. The second-order valence-corrected chi connectivity index (χ2v) is 5.08. The molecule has 1 amide bonds. The van der Waals surface area contributed by atoms with Gasteiger partial charge in [0.15, 0.2) is 0 Å². The van der Waals surface area contributed by atoms with E-state index in [1.54, 1.807) is 0 Å². The number of aliphatic hydroxyl groups is 1. The molecule has 2 rings (SSSR count). The highest BCUT2D eigenvalue weighted by molar-refractivity contribution is 7.12. The third-order valence-electron chi connectivity index (χ3n) is 2.90. The van der Waals surface area contributed by atoms with Crippen LogP contribution in [0, 0.1) is 0 Å². The van der Waals surface area contributed by atoms with Gasteiger partial charge < -0.3 is 9.84 Å². The van der Waals surface area contributed by atoms with E-state index in [-0.39, 0.29) is 18.6 Å². The number of morpholine rings is 1. The second kappa shape index (κ2) is 6.26. The Labute approximate surface area is 109 Å². The van der Waals surface area contributed by atoms with E-state index in [1.165, 1.54) is 11.3 Å². The zero-order chi connectivity index (χ0) is 13.0. The summed E-state index contributed by atoms with van der Waals surface area (Å²) in [6.07, 6.45) is -0.135. The van der Waals surface area contributed by atoms with E-state index < -0.39 is 0 Å². The number of carbonyl (C=O) groups is 1. The number of aliphatic hydroxyl groups excluding tert-OH is 1. The molecule has 2 heterocycles. The van der Waals surface area contributed by atoms with Gasteiger partial charge in [0.05, 0.1) is 24.2 Å². The highest BCUT2D eigenvalue weighted by atomic mass is 32.1. The van der Waals surface area contributed by atoms with Crippen molar-refractivity contribution in [3.05, 3.63) is 21.9 Å². The van der Waals surface area contributed by atoms with Crippen LogP contribution in [0.1, 0.15) is 15.2 Å². The number of thiophene rings is 1. The lowest BCUT2D eigenvalue weighted by molar-refractivity contribution is -0.0551. The second-order valence-electron chi connectivity index (χ2n) is 4.16. The average molecular weight is 271 g/mol. The minimum absolute atomic E-state index is 0.0241. The van der Waals surface area contributed by atoms with Crippen molar-refractivity contribution in [3.8, 4) is 0 Å². The molecule has 100 valence electrons. The maximum atomic E-state index is 11.5. The number of carbonyl (C=O) groups excluding carboxylic acids is 1. The summed E-state index contributed by atoms with van der Waals surface area (Å²) < 4.78 is 5.39. The summed E-state index contributed by atoms with van der Waals surface area (Å²) in [4.78, 5) is 14.4. The van der Waals surface area contributed by atoms with E-state index >= 15 is 0 Å². The first-order valence-electron chi connectivity index (χ1n) is 5.76. The molecule has 7 heteroatoms. The summed E-state index contributed by atoms with van der Waals surface area (Å²) in [5.41, 5.74) is 3.11. The van der Waals surface area contributed by atoms with Gasteiger partial charge in [-0.15, -0.1) is 11.3 Å². The normalized spacial score (nSPS) is 20.9. The van der Waals surface area contributed by atoms with Gasteiger partial charge in [0.25, 0.3) is 5.91 Å². The Morgan fingerprint density at radius 2 is 2.56 bits per heavy atom. The van der Waals surface area contributed by atoms with Crippen LogP contribution in [0.5, 0.6) is 0 Å². The predicted molar refractivity (Wildman–Crippen MR) is 68.1 cm³/mol. The number of hydrogen-bond donors (Lipinski definition) is 3. The Kier molecular flexibility index (Phi) is 4.67. The van der Waals surface area contributed by atoms with Crippen molar-refractivity contribution < 1.29 is 14.6 Å². The number of nitrogens with two attached hydrogens (primary N) is 1. The van der Waals surface area contributed by atoms with Crippen molar-refractivity contribution in [2.45, 2.75) is 12.6 Å². The molecule has 0 saturated carbocycles. The van der Waals surface area contributed by atoms with Gasteiger partial charge >= 0.3 is 0 Å². The molecule has 18 heavy (non-hydrogen) atoms. The molecule has 1 fully saturated rings. The summed E-state index contributed by atoms with van der Waals surface area (Å²) in [6, 6.07) is 1.93.